The lowest BCUT2D eigenvalue weighted by molar-refractivity contribution is -0.114. The minimum Gasteiger partial charge on any atom is -0.454 e. The fraction of sp³-hybridized carbons (Fsp3) is 0.190. The first kappa shape index (κ1) is 19.9. The Morgan fingerprint density at radius 3 is 2.28 bits per heavy atom. The summed E-state index contributed by atoms with van der Waals surface area (Å²) < 4.78 is 6.77. The molecule has 3 rings (SSSR count). The van der Waals surface area contributed by atoms with Crippen LogP contribution in [0.15, 0.2) is 48.7 Å². The maximum atomic E-state index is 12.2. The third-order valence-electron chi connectivity index (χ3n) is 4.07. The first-order chi connectivity index (χ1) is 13.8. The molecule has 0 unspecified atom stereocenters. The van der Waals surface area contributed by atoms with Crippen LogP contribution in [-0.4, -0.2) is 39.0 Å². The number of aromatic nitrogens is 3. The molecule has 1 amide bonds. The van der Waals surface area contributed by atoms with E-state index in [0.29, 0.717) is 17.1 Å². The topological polar surface area (TPSA) is 103 Å². The maximum absolute atomic E-state index is 12.2. The molecule has 0 bridgehead atoms. The molecule has 1 aromatic carbocycles. The van der Waals surface area contributed by atoms with Crippen molar-refractivity contribution in [2.24, 2.45) is 0 Å². The molecule has 2 aromatic heterocycles. The van der Waals surface area contributed by atoms with Gasteiger partial charge in [-0.05, 0) is 56.3 Å². The Morgan fingerprint density at radius 1 is 1.03 bits per heavy atom. The number of esters is 1. The standard InChI is InChI=1S/C21H20N4O4/c1-13-10-14(2)25(24-13)20-9-6-17(11-22-20)21(28)29-12-19(27)16-4-7-18(8-5-16)23-15(3)26/h4-11H,12H2,1-3H3,(H,23,26). The lowest BCUT2D eigenvalue weighted by Gasteiger charge is -2.07. The van der Waals surface area contributed by atoms with E-state index in [9.17, 15) is 14.4 Å². The molecule has 148 valence electrons. The van der Waals surface area contributed by atoms with Crippen LogP contribution in [0.25, 0.3) is 5.82 Å². The van der Waals surface area contributed by atoms with Gasteiger partial charge in [-0.1, -0.05) is 0 Å². The lowest BCUT2D eigenvalue weighted by atomic mass is 10.1. The van der Waals surface area contributed by atoms with Crippen LogP contribution in [-0.2, 0) is 9.53 Å². The molecular weight excluding hydrogens is 372 g/mol. The molecule has 0 saturated heterocycles. The van der Waals surface area contributed by atoms with Crippen LogP contribution in [0.2, 0.25) is 0 Å². The van der Waals surface area contributed by atoms with Gasteiger partial charge in [0, 0.05) is 30.1 Å². The van der Waals surface area contributed by atoms with E-state index in [-0.39, 0.29) is 17.3 Å². The van der Waals surface area contributed by atoms with Crippen LogP contribution < -0.4 is 5.32 Å². The summed E-state index contributed by atoms with van der Waals surface area (Å²) in [6, 6.07) is 11.5. The minimum absolute atomic E-state index is 0.199. The summed E-state index contributed by atoms with van der Waals surface area (Å²) in [6.45, 7) is 4.81. The Hall–Kier alpha value is -3.81. The highest BCUT2D eigenvalue weighted by molar-refractivity contribution is 5.99. The molecular formula is C21H20N4O4. The van der Waals surface area contributed by atoms with Crippen molar-refractivity contribution in [2.75, 3.05) is 11.9 Å². The zero-order chi connectivity index (χ0) is 21.0. The van der Waals surface area contributed by atoms with Crippen molar-refractivity contribution in [1.29, 1.82) is 0 Å². The van der Waals surface area contributed by atoms with Crippen LogP contribution in [0.3, 0.4) is 0 Å². The summed E-state index contributed by atoms with van der Waals surface area (Å²) in [5.41, 5.74) is 3.01. The molecule has 0 fully saturated rings. The quantitative estimate of drug-likeness (QED) is 0.511. The summed E-state index contributed by atoms with van der Waals surface area (Å²) in [6.07, 6.45) is 1.39. The average Bonchev–Trinajstić information content (AvgIpc) is 3.04. The summed E-state index contributed by atoms with van der Waals surface area (Å²) in [5, 5.41) is 6.96. The number of pyridine rings is 1. The zero-order valence-corrected chi connectivity index (χ0v) is 16.3. The predicted octanol–water partition coefficient (Wildman–Crippen LogP) is 2.88. The molecule has 3 aromatic rings. The third kappa shape index (κ3) is 4.92. The van der Waals surface area contributed by atoms with Crippen LogP contribution in [0.1, 0.15) is 39.0 Å². The molecule has 0 atom stereocenters. The molecule has 0 aliphatic heterocycles. The van der Waals surface area contributed by atoms with Crippen molar-refractivity contribution in [2.45, 2.75) is 20.8 Å². The number of hydrogen-bond acceptors (Lipinski definition) is 6. The number of amides is 1. The Labute approximate surface area is 167 Å². The van der Waals surface area contributed by atoms with Gasteiger partial charge in [-0.3, -0.25) is 9.59 Å². The largest absolute Gasteiger partial charge is 0.454 e. The van der Waals surface area contributed by atoms with E-state index in [1.807, 2.05) is 19.9 Å². The molecule has 0 aliphatic carbocycles. The van der Waals surface area contributed by atoms with Gasteiger partial charge in [0.2, 0.25) is 5.91 Å². The van der Waals surface area contributed by atoms with Crippen molar-refractivity contribution in [3.63, 3.8) is 0 Å². The number of anilines is 1. The number of ether oxygens (including phenoxy) is 1. The van der Waals surface area contributed by atoms with Gasteiger partial charge >= 0.3 is 5.97 Å². The number of Topliss-reactive ketones (excluding diaryl/α,β-unsaturated/α-hetero) is 1. The van der Waals surface area contributed by atoms with Gasteiger partial charge in [0.05, 0.1) is 11.3 Å². The first-order valence-corrected chi connectivity index (χ1v) is 8.91. The molecule has 8 heteroatoms. The number of aryl methyl sites for hydroxylation is 2. The predicted molar refractivity (Wildman–Crippen MR) is 106 cm³/mol. The van der Waals surface area contributed by atoms with E-state index in [1.165, 1.54) is 13.1 Å². The van der Waals surface area contributed by atoms with Gasteiger partial charge < -0.3 is 10.1 Å². The number of carbonyl (C=O) groups excluding carboxylic acids is 3. The fourth-order valence-corrected chi connectivity index (χ4v) is 2.73. The normalized spacial score (nSPS) is 10.4. The third-order valence-corrected chi connectivity index (χ3v) is 4.07. The first-order valence-electron chi connectivity index (χ1n) is 8.91. The summed E-state index contributed by atoms with van der Waals surface area (Å²) in [7, 11) is 0. The summed E-state index contributed by atoms with van der Waals surface area (Å²) in [4.78, 5) is 39.7. The van der Waals surface area contributed by atoms with Gasteiger partial charge in [0.25, 0.3) is 0 Å². The van der Waals surface area contributed by atoms with Crippen LogP contribution in [0, 0.1) is 13.8 Å². The highest BCUT2D eigenvalue weighted by atomic mass is 16.5. The second-order valence-corrected chi connectivity index (χ2v) is 6.50. The van der Waals surface area contributed by atoms with Crippen LogP contribution >= 0.6 is 0 Å². The summed E-state index contributed by atoms with van der Waals surface area (Å²) in [5.74, 6) is -0.599. The Morgan fingerprint density at radius 2 is 1.72 bits per heavy atom. The Balaban J connectivity index is 1.59. The van der Waals surface area contributed by atoms with Gasteiger partial charge in [-0.2, -0.15) is 5.10 Å². The van der Waals surface area contributed by atoms with Gasteiger partial charge in [-0.15, -0.1) is 0 Å². The van der Waals surface area contributed by atoms with Gasteiger partial charge in [0.15, 0.2) is 18.2 Å². The van der Waals surface area contributed by atoms with Crippen molar-refractivity contribution < 1.29 is 19.1 Å². The molecule has 8 nitrogen and oxygen atoms in total. The van der Waals surface area contributed by atoms with Crippen LogP contribution in [0.4, 0.5) is 5.69 Å². The highest BCUT2D eigenvalue weighted by Crippen LogP contribution is 2.12. The number of benzene rings is 1. The van der Waals surface area contributed by atoms with E-state index < -0.39 is 12.6 Å². The average molecular weight is 392 g/mol. The number of carbonyl (C=O) groups is 3. The number of nitrogens with one attached hydrogen (secondary N) is 1. The maximum Gasteiger partial charge on any atom is 0.340 e. The van der Waals surface area contributed by atoms with E-state index >= 15 is 0 Å². The van der Waals surface area contributed by atoms with Gasteiger partial charge in [0.1, 0.15) is 0 Å². The minimum atomic E-state index is -0.638. The number of nitrogens with zero attached hydrogens (tertiary/aromatic N) is 3. The SMILES string of the molecule is CC(=O)Nc1ccc(C(=O)COC(=O)c2ccc(-n3nc(C)cc3C)nc2)cc1. The zero-order valence-electron chi connectivity index (χ0n) is 16.3. The number of hydrogen-bond donors (Lipinski definition) is 1. The van der Waals surface area contributed by atoms with Crippen molar-refractivity contribution in [3.05, 3.63) is 71.2 Å². The van der Waals surface area contributed by atoms with Crippen molar-refractivity contribution in [1.82, 2.24) is 14.8 Å². The van der Waals surface area contributed by atoms with E-state index in [1.54, 1.807) is 41.1 Å². The fourth-order valence-electron chi connectivity index (χ4n) is 2.73. The molecule has 0 aliphatic rings. The van der Waals surface area contributed by atoms with E-state index in [4.69, 9.17) is 4.74 Å². The van der Waals surface area contributed by atoms with E-state index in [0.717, 1.165) is 11.4 Å². The molecule has 0 saturated carbocycles. The van der Waals surface area contributed by atoms with Crippen molar-refractivity contribution in [3.8, 4) is 5.82 Å². The Kier molecular flexibility index (Phi) is 5.82. The van der Waals surface area contributed by atoms with Crippen molar-refractivity contribution >= 4 is 23.3 Å². The molecule has 29 heavy (non-hydrogen) atoms. The number of ketones is 1. The summed E-state index contributed by atoms with van der Waals surface area (Å²) >= 11 is 0. The second-order valence-electron chi connectivity index (χ2n) is 6.50. The molecule has 0 spiro atoms. The number of rotatable bonds is 6. The highest BCUT2D eigenvalue weighted by Gasteiger charge is 2.13. The van der Waals surface area contributed by atoms with Crippen LogP contribution in [0.5, 0.6) is 0 Å². The lowest BCUT2D eigenvalue weighted by Crippen LogP contribution is -2.15. The second kappa shape index (κ2) is 8.47. The monoisotopic (exact) mass is 392 g/mol. The molecule has 2 heterocycles. The van der Waals surface area contributed by atoms with E-state index in [2.05, 4.69) is 15.4 Å². The van der Waals surface area contributed by atoms with Gasteiger partial charge in [-0.25, -0.2) is 14.5 Å². The smallest absolute Gasteiger partial charge is 0.340 e. The Bertz CT molecular complexity index is 1050. The molecule has 1 N–H and O–H groups in total. The molecule has 0 radical (unpaired) electrons.